The Morgan fingerprint density at radius 1 is 1.29 bits per heavy atom. The van der Waals surface area contributed by atoms with Gasteiger partial charge in [0.25, 0.3) is 0 Å². The van der Waals surface area contributed by atoms with Crippen LogP contribution in [0.4, 0.5) is 5.69 Å². The number of esters is 1. The fraction of sp³-hybridized carbons (Fsp3) is 0.0500. The maximum atomic E-state index is 12.2. The van der Waals surface area contributed by atoms with Gasteiger partial charge in [0, 0.05) is 22.5 Å². The molecule has 2 aromatic heterocycles. The number of hydrogen-bond donors (Lipinski definition) is 1. The van der Waals surface area contributed by atoms with Crippen LogP contribution < -0.4 is 5.73 Å². The van der Waals surface area contributed by atoms with Gasteiger partial charge >= 0.3 is 5.97 Å². The van der Waals surface area contributed by atoms with Gasteiger partial charge in [-0.1, -0.05) is 11.6 Å². The molecular formula is C20H13ClN4O3. The van der Waals surface area contributed by atoms with Gasteiger partial charge in [0.15, 0.2) is 11.3 Å². The van der Waals surface area contributed by atoms with E-state index >= 15 is 0 Å². The highest BCUT2D eigenvalue weighted by atomic mass is 35.5. The Kier molecular flexibility index (Phi) is 4.26. The summed E-state index contributed by atoms with van der Waals surface area (Å²) in [6.45, 7) is 0. The fourth-order valence-electron chi connectivity index (χ4n) is 2.90. The molecule has 7 nitrogen and oxygen atoms in total. The normalized spacial score (nSPS) is 10.8. The first-order valence-corrected chi connectivity index (χ1v) is 8.55. The number of aromatic nitrogens is 2. The molecule has 0 spiro atoms. The molecule has 0 saturated carbocycles. The quantitative estimate of drug-likeness (QED) is 0.524. The van der Waals surface area contributed by atoms with Crippen molar-refractivity contribution in [2.45, 2.75) is 0 Å². The van der Waals surface area contributed by atoms with Gasteiger partial charge in [0.2, 0.25) is 5.89 Å². The molecule has 138 valence electrons. The monoisotopic (exact) mass is 392 g/mol. The van der Waals surface area contributed by atoms with E-state index in [2.05, 4.69) is 4.98 Å². The molecule has 0 saturated heterocycles. The summed E-state index contributed by atoms with van der Waals surface area (Å²) in [4.78, 5) is 16.7. The number of benzene rings is 2. The first-order valence-electron chi connectivity index (χ1n) is 8.18. The van der Waals surface area contributed by atoms with Gasteiger partial charge in [0.1, 0.15) is 11.6 Å². The SMILES string of the molecule is COC(=O)c1c(N)c(C#N)cn1-c1ccc2oc(-c3ccc(Cl)cc3)nc2c1. The van der Waals surface area contributed by atoms with Crippen molar-refractivity contribution < 1.29 is 13.9 Å². The van der Waals surface area contributed by atoms with Gasteiger partial charge in [-0.25, -0.2) is 9.78 Å². The summed E-state index contributed by atoms with van der Waals surface area (Å²) in [5, 5.41) is 9.87. The second-order valence-electron chi connectivity index (χ2n) is 5.96. The molecule has 0 amide bonds. The number of methoxy groups -OCH3 is 1. The van der Waals surface area contributed by atoms with Crippen LogP contribution in [-0.2, 0) is 4.74 Å². The summed E-state index contributed by atoms with van der Waals surface area (Å²) in [6, 6.07) is 14.3. The van der Waals surface area contributed by atoms with Gasteiger partial charge in [-0.3, -0.25) is 0 Å². The number of rotatable bonds is 3. The van der Waals surface area contributed by atoms with E-state index in [9.17, 15) is 10.1 Å². The number of nitriles is 1. The second kappa shape index (κ2) is 6.76. The Balaban J connectivity index is 1.84. The second-order valence-corrected chi connectivity index (χ2v) is 6.39. The topological polar surface area (TPSA) is 107 Å². The van der Waals surface area contributed by atoms with E-state index in [1.165, 1.54) is 17.9 Å². The Hall–Kier alpha value is -3.76. The molecule has 2 aromatic carbocycles. The zero-order valence-electron chi connectivity index (χ0n) is 14.6. The van der Waals surface area contributed by atoms with Crippen molar-refractivity contribution in [3.05, 3.63) is 64.9 Å². The van der Waals surface area contributed by atoms with Crippen molar-refractivity contribution in [1.29, 1.82) is 5.26 Å². The van der Waals surface area contributed by atoms with Crippen LogP contribution in [0.2, 0.25) is 5.02 Å². The number of nitrogens with two attached hydrogens (primary N) is 1. The zero-order valence-corrected chi connectivity index (χ0v) is 15.4. The molecule has 8 heteroatoms. The van der Waals surface area contributed by atoms with Crippen molar-refractivity contribution in [3.8, 4) is 23.2 Å². The van der Waals surface area contributed by atoms with Gasteiger partial charge < -0.3 is 19.5 Å². The number of halogens is 1. The summed E-state index contributed by atoms with van der Waals surface area (Å²) in [6.07, 6.45) is 1.49. The van der Waals surface area contributed by atoms with Crippen LogP contribution in [0.15, 0.2) is 53.1 Å². The van der Waals surface area contributed by atoms with Crippen LogP contribution in [-0.4, -0.2) is 22.6 Å². The number of hydrogen-bond acceptors (Lipinski definition) is 6. The molecule has 4 rings (SSSR count). The van der Waals surface area contributed by atoms with E-state index in [-0.39, 0.29) is 16.9 Å². The molecule has 0 aliphatic rings. The molecule has 0 fully saturated rings. The lowest BCUT2D eigenvalue weighted by molar-refractivity contribution is 0.0593. The van der Waals surface area contributed by atoms with Crippen molar-refractivity contribution >= 4 is 34.4 Å². The highest BCUT2D eigenvalue weighted by molar-refractivity contribution is 6.30. The summed E-state index contributed by atoms with van der Waals surface area (Å²) in [5.74, 6) is -0.192. The number of carbonyl (C=O) groups is 1. The molecule has 4 aromatic rings. The predicted octanol–water partition coefficient (Wildman–Crippen LogP) is 4.18. The van der Waals surface area contributed by atoms with Gasteiger partial charge in [-0.15, -0.1) is 0 Å². The third kappa shape index (κ3) is 2.86. The fourth-order valence-corrected chi connectivity index (χ4v) is 3.03. The number of ether oxygens (including phenoxy) is 1. The lowest BCUT2D eigenvalue weighted by Crippen LogP contribution is -2.11. The molecule has 0 atom stereocenters. The first-order chi connectivity index (χ1) is 13.5. The van der Waals surface area contributed by atoms with Crippen LogP contribution in [0.5, 0.6) is 0 Å². The van der Waals surface area contributed by atoms with Crippen molar-refractivity contribution in [1.82, 2.24) is 9.55 Å². The number of anilines is 1. The molecule has 0 radical (unpaired) electrons. The van der Waals surface area contributed by atoms with E-state index < -0.39 is 5.97 Å². The third-order valence-electron chi connectivity index (χ3n) is 4.28. The minimum absolute atomic E-state index is 0.0662. The Morgan fingerprint density at radius 3 is 2.71 bits per heavy atom. The van der Waals surface area contributed by atoms with Gasteiger partial charge in [-0.2, -0.15) is 5.26 Å². The Labute approximate surface area is 164 Å². The molecule has 0 bridgehead atoms. The predicted molar refractivity (Wildman–Crippen MR) is 104 cm³/mol. The Morgan fingerprint density at radius 2 is 2.04 bits per heavy atom. The molecule has 2 N–H and O–H groups in total. The highest BCUT2D eigenvalue weighted by Gasteiger charge is 2.22. The number of fused-ring (bicyclic) bond motifs is 1. The van der Waals surface area contributed by atoms with Crippen LogP contribution in [0, 0.1) is 11.3 Å². The third-order valence-corrected chi connectivity index (χ3v) is 4.54. The summed E-state index contributed by atoms with van der Waals surface area (Å²) in [7, 11) is 1.25. The van der Waals surface area contributed by atoms with E-state index in [1.54, 1.807) is 30.3 Å². The summed E-state index contributed by atoms with van der Waals surface area (Å²) < 4.78 is 12.1. The average Bonchev–Trinajstić information content (AvgIpc) is 3.28. The highest BCUT2D eigenvalue weighted by Crippen LogP contribution is 2.29. The standard InChI is InChI=1S/C20H13ClN4O3/c1-27-20(26)18-17(23)12(9-22)10-25(18)14-6-7-16-15(8-14)24-19(28-16)11-2-4-13(21)5-3-11/h2-8,10H,23H2,1H3. The molecule has 2 heterocycles. The van der Waals surface area contributed by atoms with E-state index in [0.717, 1.165) is 5.56 Å². The van der Waals surface area contributed by atoms with Gasteiger partial charge in [-0.05, 0) is 42.5 Å². The molecule has 28 heavy (non-hydrogen) atoms. The van der Waals surface area contributed by atoms with Crippen LogP contribution >= 0.6 is 11.6 Å². The van der Waals surface area contributed by atoms with E-state index in [0.29, 0.717) is 27.7 Å². The van der Waals surface area contributed by atoms with Crippen LogP contribution in [0.25, 0.3) is 28.2 Å². The summed E-state index contributed by atoms with van der Waals surface area (Å²) >= 11 is 5.92. The summed E-state index contributed by atoms with van der Waals surface area (Å²) in [5.41, 5.74) is 8.82. The van der Waals surface area contributed by atoms with Crippen molar-refractivity contribution in [3.63, 3.8) is 0 Å². The first kappa shape index (κ1) is 17.6. The molecular weight excluding hydrogens is 380 g/mol. The largest absolute Gasteiger partial charge is 0.464 e. The minimum Gasteiger partial charge on any atom is -0.464 e. The Bertz CT molecular complexity index is 1250. The van der Waals surface area contributed by atoms with Crippen LogP contribution in [0.3, 0.4) is 0 Å². The smallest absolute Gasteiger partial charge is 0.357 e. The van der Waals surface area contributed by atoms with E-state index in [1.807, 2.05) is 18.2 Å². The number of nitrogen functional groups attached to an aromatic ring is 1. The number of nitrogens with zero attached hydrogens (tertiary/aromatic N) is 3. The lowest BCUT2D eigenvalue weighted by atomic mass is 10.2. The molecule has 0 aliphatic carbocycles. The molecule has 0 unspecified atom stereocenters. The lowest BCUT2D eigenvalue weighted by Gasteiger charge is -2.08. The average molecular weight is 393 g/mol. The van der Waals surface area contributed by atoms with Crippen molar-refractivity contribution in [2.24, 2.45) is 0 Å². The van der Waals surface area contributed by atoms with Crippen LogP contribution in [0.1, 0.15) is 16.1 Å². The molecule has 0 aliphatic heterocycles. The maximum Gasteiger partial charge on any atom is 0.357 e. The zero-order chi connectivity index (χ0) is 19.8. The van der Waals surface area contributed by atoms with E-state index in [4.69, 9.17) is 26.5 Å². The minimum atomic E-state index is -0.638. The van der Waals surface area contributed by atoms with Gasteiger partial charge in [0.05, 0.1) is 18.4 Å². The maximum absolute atomic E-state index is 12.2. The van der Waals surface area contributed by atoms with Crippen molar-refractivity contribution in [2.75, 3.05) is 12.8 Å². The number of carbonyl (C=O) groups excluding carboxylic acids is 1. The number of oxazole rings is 1.